The summed E-state index contributed by atoms with van der Waals surface area (Å²) in [7, 11) is 0. The first-order valence-electron chi connectivity index (χ1n) is 8.20. The molecule has 1 aliphatic carbocycles. The molecule has 7 nitrogen and oxygen atoms in total. The summed E-state index contributed by atoms with van der Waals surface area (Å²) >= 11 is 0. The topological polar surface area (TPSA) is 93.1 Å². The van der Waals surface area contributed by atoms with Gasteiger partial charge in [0.1, 0.15) is 5.82 Å². The number of nitrogen functional groups attached to an aromatic ring is 1. The number of nitrogens with one attached hydrogen (secondary N) is 2. The second-order valence-corrected chi connectivity index (χ2v) is 6.04. The third kappa shape index (κ3) is 4.10. The molecule has 2 aromatic rings. The molecule has 124 valence electrons. The van der Waals surface area contributed by atoms with Gasteiger partial charge in [0, 0.05) is 12.6 Å². The number of nitrogens with two attached hydrogens (primary N) is 1. The van der Waals surface area contributed by atoms with Gasteiger partial charge >= 0.3 is 0 Å². The van der Waals surface area contributed by atoms with E-state index in [9.17, 15) is 0 Å². The maximum absolute atomic E-state index is 6.89. The minimum Gasteiger partial charge on any atom is -0.396 e. The van der Waals surface area contributed by atoms with E-state index in [-0.39, 0.29) is 5.82 Å². The van der Waals surface area contributed by atoms with Gasteiger partial charge in [0.05, 0.1) is 23.8 Å². The van der Waals surface area contributed by atoms with Gasteiger partial charge in [-0.15, -0.1) is 4.98 Å². The van der Waals surface area contributed by atoms with E-state index in [1.807, 2.05) is 6.07 Å². The largest absolute Gasteiger partial charge is 0.396 e. The predicted molar refractivity (Wildman–Crippen MR) is 95.3 cm³/mol. The summed E-state index contributed by atoms with van der Waals surface area (Å²) in [4.78, 5) is 15.6. The van der Waals surface area contributed by atoms with Gasteiger partial charge in [-0.05, 0) is 18.8 Å². The number of pyridine rings is 1. The fraction of sp³-hybridized carbons (Fsp3) is 0.412. The Morgan fingerprint density at radius 3 is 2.58 bits per heavy atom. The highest BCUT2D eigenvalue weighted by atomic mass is 15.1. The van der Waals surface area contributed by atoms with Gasteiger partial charge in [-0.3, -0.25) is 0 Å². The molecular formula is C17H21N7. The number of aromatic nitrogens is 3. The lowest BCUT2D eigenvalue weighted by Crippen LogP contribution is -2.17. The Labute approximate surface area is 141 Å². The summed E-state index contributed by atoms with van der Waals surface area (Å²) in [5, 5.41) is 6.52. The standard InChI is InChI=1S/C17H21N7/c1-19-16-10-23-17(11-22-16)24-15-7-14(13(18)9-21-15)20-8-12-5-3-2-4-6-12/h7,9-12H,2-6,8,18H2,(H2,20,21,23,24). The zero-order valence-electron chi connectivity index (χ0n) is 13.5. The molecule has 0 bridgehead atoms. The Bertz CT molecular complexity index is 715. The first kappa shape index (κ1) is 16.0. The van der Waals surface area contributed by atoms with Gasteiger partial charge in [0.25, 0.3) is 5.82 Å². The van der Waals surface area contributed by atoms with E-state index in [0.717, 1.165) is 18.2 Å². The van der Waals surface area contributed by atoms with E-state index >= 15 is 0 Å². The van der Waals surface area contributed by atoms with E-state index in [2.05, 4.69) is 30.4 Å². The molecule has 2 aromatic heterocycles. The number of rotatable bonds is 5. The normalized spacial score (nSPS) is 14.8. The van der Waals surface area contributed by atoms with Crippen molar-refractivity contribution in [2.75, 3.05) is 22.9 Å². The van der Waals surface area contributed by atoms with Crippen molar-refractivity contribution in [3.05, 3.63) is 36.1 Å². The van der Waals surface area contributed by atoms with Crippen LogP contribution in [0.5, 0.6) is 0 Å². The molecule has 0 amide bonds. The smallest absolute Gasteiger partial charge is 0.288 e. The molecule has 1 fully saturated rings. The fourth-order valence-corrected chi connectivity index (χ4v) is 2.91. The van der Waals surface area contributed by atoms with Crippen molar-refractivity contribution < 1.29 is 0 Å². The summed E-state index contributed by atoms with van der Waals surface area (Å²) in [6, 6.07) is 1.88. The average Bonchev–Trinajstić information content (AvgIpc) is 2.63. The van der Waals surface area contributed by atoms with Crippen LogP contribution < -0.4 is 16.4 Å². The van der Waals surface area contributed by atoms with E-state index in [4.69, 9.17) is 12.3 Å². The fourth-order valence-electron chi connectivity index (χ4n) is 2.91. The van der Waals surface area contributed by atoms with Crippen molar-refractivity contribution in [2.45, 2.75) is 32.1 Å². The zero-order valence-corrected chi connectivity index (χ0v) is 13.5. The van der Waals surface area contributed by atoms with Crippen LogP contribution in [0.25, 0.3) is 4.85 Å². The maximum atomic E-state index is 6.89. The first-order valence-corrected chi connectivity index (χ1v) is 8.20. The highest BCUT2D eigenvalue weighted by molar-refractivity contribution is 5.70. The highest BCUT2D eigenvalue weighted by Crippen LogP contribution is 2.26. The molecule has 0 radical (unpaired) electrons. The summed E-state index contributed by atoms with van der Waals surface area (Å²) in [5.74, 6) is 2.16. The summed E-state index contributed by atoms with van der Waals surface area (Å²) in [6.45, 7) is 7.82. The van der Waals surface area contributed by atoms with Crippen LogP contribution in [0.2, 0.25) is 0 Å². The highest BCUT2D eigenvalue weighted by Gasteiger charge is 2.13. The molecule has 0 saturated heterocycles. The lowest BCUT2D eigenvalue weighted by atomic mass is 9.89. The molecule has 0 aromatic carbocycles. The van der Waals surface area contributed by atoms with Crippen molar-refractivity contribution in [3.63, 3.8) is 0 Å². The zero-order chi connectivity index (χ0) is 16.8. The molecule has 1 aliphatic rings. The Hall–Kier alpha value is -2.88. The minimum atomic E-state index is 0.264. The van der Waals surface area contributed by atoms with Crippen molar-refractivity contribution in [3.8, 4) is 0 Å². The van der Waals surface area contributed by atoms with Crippen LogP contribution in [0.1, 0.15) is 32.1 Å². The quantitative estimate of drug-likeness (QED) is 0.726. The molecule has 3 rings (SSSR count). The maximum Gasteiger partial charge on any atom is 0.288 e. The summed E-state index contributed by atoms with van der Waals surface area (Å²) in [5.41, 5.74) is 7.53. The van der Waals surface area contributed by atoms with Crippen LogP contribution in [0.3, 0.4) is 0 Å². The molecule has 4 N–H and O–H groups in total. The van der Waals surface area contributed by atoms with Gasteiger partial charge < -0.3 is 21.2 Å². The molecule has 2 heterocycles. The SMILES string of the molecule is [C-]#[N+]c1cnc(Nc2cc(NCC3CCCCC3)c(N)cn2)cn1. The van der Waals surface area contributed by atoms with E-state index in [1.54, 1.807) is 6.20 Å². The third-order valence-electron chi connectivity index (χ3n) is 4.25. The van der Waals surface area contributed by atoms with Gasteiger partial charge in [-0.2, -0.15) is 0 Å². The van der Waals surface area contributed by atoms with Crippen molar-refractivity contribution in [1.29, 1.82) is 0 Å². The van der Waals surface area contributed by atoms with Crippen molar-refractivity contribution in [2.24, 2.45) is 5.92 Å². The summed E-state index contributed by atoms with van der Waals surface area (Å²) in [6.07, 6.45) is 11.1. The third-order valence-corrected chi connectivity index (χ3v) is 4.25. The van der Waals surface area contributed by atoms with Gasteiger partial charge in [-0.1, -0.05) is 25.8 Å². The predicted octanol–water partition coefficient (Wildman–Crippen LogP) is 3.74. The van der Waals surface area contributed by atoms with Crippen molar-refractivity contribution in [1.82, 2.24) is 15.0 Å². The minimum absolute atomic E-state index is 0.264. The number of hydrogen-bond acceptors (Lipinski definition) is 6. The van der Waals surface area contributed by atoms with Crippen LogP contribution in [-0.4, -0.2) is 21.5 Å². The molecule has 24 heavy (non-hydrogen) atoms. The first-order chi connectivity index (χ1) is 11.7. The molecule has 0 spiro atoms. The molecule has 0 aliphatic heterocycles. The lowest BCUT2D eigenvalue weighted by molar-refractivity contribution is 0.373. The molecule has 0 atom stereocenters. The Morgan fingerprint density at radius 1 is 1.08 bits per heavy atom. The van der Waals surface area contributed by atoms with Crippen LogP contribution in [0.15, 0.2) is 24.7 Å². The molecule has 7 heteroatoms. The molecule has 1 saturated carbocycles. The monoisotopic (exact) mass is 323 g/mol. The van der Waals surface area contributed by atoms with Gasteiger partial charge in [-0.25, -0.2) is 9.97 Å². The Balaban J connectivity index is 1.65. The van der Waals surface area contributed by atoms with Gasteiger partial charge in [0.2, 0.25) is 0 Å². The lowest BCUT2D eigenvalue weighted by Gasteiger charge is -2.22. The van der Waals surface area contributed by atoms with Crippen LogP contribution in [-0.2, 0) is 0 Å². The summed E-state index contributed by atoms with van der Waals surface area (Å²) < 4.78 is 0. The van der Waals surface area contributed by atoms with E-state index in [0.29, 0.717) is 17.3 Å². The Kier molecular flexibility index (Phi) is 5.06. The Morgan fingerprint density at radius 2 is 1.88 bits per heavy atom. The van der Waals surface area contributed by atoms with Crippen molar-refractivity contribution >= 4 is 28.8 Å². The van der Waals surface area contributed by atoms with Crippen LogP contribution in [0, 0.1) is 12.5 Å². The second kappa shape index (κ2) is 7.59. The molecular weight excluding hydrogens is 302 g/mol. The van der Waals surface area contributed by atoms with Crippen LogP contribution >= 0.6 is 0 Å². The van der Waals surface area contributed by atoms with Gasteiger partial charge in [0.15, 0.2) is 12.0 Å². The van der Waals surface area contributed by atoms with E-state index < -0.39 is 0 Å². The number of nitrogens with zero attached hydrogens (tertiary/aromatic N) is 4. The van der Waals surface area contributed by atoms with Crippen LogP contribution in [0.4, 0.5) is 28.8 Å². The average molecular weight is 323 g/mol. The van der Waals surface area contributed by atoms with E-state index in [1.165, 1.54) is 44.5 Å². The number of anilines is 4. The second-order valence-electron chi connectivity index (χ2n) is 6.04. The number of hydrogen-bond donors (Lipinski definition) is 3. The molecule has 0 unspecified atom stereocenters.